The van der Waals surface area contributed by atoms with Gasteiger partial charge in [-0.15, -0.1) is 0 Å². The van der Waals surface area contributed by atoms with E-state index in [9.17, 15) is 8.42 Å². The van der Waals surface area contributed by atoms with Crippen LogP contribution in [0.25, 0.3) is 0 Å². The van der Waals surface area contributed by atoms with Gasteiger partial charge in [0.15, 0.2) is 0 Å². The number of aliphatic imine (C=N–C) groups is 1. The van der Waals surface area contributed by atoms with Gasteiger partial charge in [0.05, 0.1) is 5.69 Å². The van der Waals surface area contributed by atoms with Crippen molar-refractivity contribution in [3.63, 3.8) is 0 Å². The molecule has 7 heteroatoms. The Kier molecular flexibility index (Phi) is 6.54. The summed E-state index contributed by atoms with van der Waals surface area (Å²) < 4.78 is 35.9. The van der Waals surface area contributed by atoms with E-state index in [0.717, 1.165) is 11.4 Å². The smallest absolute Gasteiger partial charge is 0.339 e. The molecule has 4 aromatic rings. The van der Waals surface area contributed by atoms with E-state index >= 15 is 0 Å². The van der Waals surface area contributed by atoms with Crippen LogP contribution in [0, 0.1) is 0 Å². The molecule has 0 N–H and O–H groups in total. The molecule has 0 aliphatic heterocycles. The summed E-state index contributed by atoms with van der Waals surface area (Å²) in [6.45, 7) is 0. The van der Waals surface area contributed by atoms with Gasteiger partial charge in [0, 0.05) is 11.2 Å². The molecule has 0 saturated heterocycles. The zero-order valence-corrected chi connectivity index (χ0v) is 18.3. The average Bonchev–Trinajstić information content (AvgIpc) is 2.80. The van der Waals surface area contributed by atoms with Gasteiger partial charge in [-0.25, -0.2) is 0 Å². The van der Waals surface area contributed by atoms with Crippen LogP contribution in [0.5, 0.6) is 17.2 Å². The summed E-state index contributed by atoms with van der Waals surface area (Å²) in [5, 5.41) is 0.446. The Morgan fingerprint density at radius 3 is 2.09 bits per heavy atom. The van der Waals surface area contributed by atoms with E-state index in [1.54, 1.807) is 30.5 Å². The first-order valence-electron chi connectivity index (χ1n) is 9.65. The molecule has 0 fully saturated rings. The quantitative estimate of drug-likeness (QED) is 0.227. The number of para-hydroxylation sites is 1. The highest BCUT2D eigenvalue weighted by Crippen LogP contribution is 2.24. The molecule has 4 rings (SSSR count). The predicted molar refractivity (Wildman–Crippen MR) is 126 cm³/mol. The standard InChI is InChI=1S/C25H18ClNO4S/c26-20-9-15-25(16-10-20)32(28,29)31-24-8-4-5-19(17-24)18-27-21-11-13-23(14-12-21)30-22-6-2-1-3-7-22/h1-18H. The fraction of sp³-hybridized carbons (Fsp3) is 0. The third-order valence-electron chi connectivity index (χ3n) is 4.34. The van der Waals surface area contributed by atoms with Crippen LogP contribution >= 0.6 is 11.6 Å². The first-order valence-corrected chi connectivity index (χ1v) is 11.4. The summed E-state index contributed by atoms with van der Waals surface area (Å²) >= 11 is 5.82. The molecule has 160 valence electrons. The number of benzene rings is 4. The van der Waals surface area contributed by atoms with Gasteiger partial charge in [0.1, 0.15) is 22.1 Å². The molecule has 4 aromatic carbocycles. The number of hydrogen-bond donors (Lipinski definition) is 0. The molecule has 32 heavy (non-hydrogen) atoms. The van der Waals surface area contributed by atoms with E-state index in [1.165, 1.54) is 24.3 Å². The highest BCUT2D eigenvalue weighted by atomic mass is 35.5. The molecule has 0 unspecified atom stereocenters. The predicted octanol–water partition coefficient (Wildman–Crippen LogP) is 6.65. The number of hydrogen-bond acceptors (Lipinski definition) is 5. The van der Waals surface area contributed by atoms with Gasteiger partial charge in [-0.1, -0.05) is 41.9 Å². The van der Waals surface area contributed by atoms with Crippen LogP contribution < -0.4 is 8.92 Å². The molecule has 0 saturated carbocycles. The SMILES string of the molecule is O=S(=O)(Oc1cccc(C=Nc2ccc(Oc3ccccc3)cc2)c1)c1ccc(Cl)cc1. The fourth-order valence-corrected chi connectivity index (χ4v) is 3.85. The molecule has 0 heterocycles. The zero-order chi connectivity index (χ0) is 22.4. The Morgan fingerprint density at radius 2 is 1.38 bits per heavy atom. The lowest BCUT2D eigenvalue weighted by molar-refractivity contribution is 0.482. The van der Waals surface area contributed by atoms with Gasteiger partial charge >= 0.3 is 10.1 Å². The van der Waals surface area contributed by atoms with Gasteiger partial charge in [0.25, 0.3) is 0 Å². The maximum Gasteiger partial charge on any atom is 0.339 e. The van der Waals surface area contributed by atoms with E-state index < -0.39 is 10.1 Å². The Labute approximate surface area is 191 Å². The summed E-state index contributed by atoms with van der Waals surface area (Å²) in [5.41, 5.74) is 1.42. The van der Waals surface area contributed by atoms with E-state index in [1.807, 2.05) is 54.6 Å². The van der Waals surface area contributed by atoms with Crippen molar-refractivity contribution in [3.8, 4) is 17.2 Å². The van der Waals surface area contributed by atoms with Gasteiger partial charge in [-0.3, -0.25) is 4.99 Å². The maximum atomic E-state index is 12.5. The molecule has 0 radical (unpaired) electrons. The topological polar surface area (TPSA) is 65.0 Å². The highest BCUT2D eigenvalue weighted by molar-refractivity contribution is 7.87. The van der Waals surface area contributed by atoms with Crippen molar-refractivity contribution in [3.05, 3.63) is 114 Å². The van der Waals surface area contributed by atoms with Crippen LogP contribution in [0.4, 0.5) is 5.69 Å². The first kappa shape index (κ1) is 21.6. The molecular formula is C25H18ClNO4S. The van der Waals surface area contributed by atoms with Crippen molar-refractivity contribution in [1.29, 1.82) is 0 Å². The molecule has 5 nitrogen and oxygen atoms in total. The van der Waals surface area contributed by atoms with Gasteiger partial charge in [0.2, 0.25) is 0 Å². The lowest BCUT2D eigenvalue weighted by atomic mass is 10.2. The van der Waals surface area contributed by atoms with Crippen molar-refractivity contribution in [2.45, 2.75) is 4.90 Å². The van der Waals surface area contributed by atoms with E-state index in [2.05, 4.69) is 4.99 Å². The van der Waals surface area contributed by atoms with Crippen molar-refractivity contribution < 1.29 is 17.3 Å². The zero-order valence-electron chi connectivity index (χ0n) is 16.8. The first-order chi connectivity index (χ1) is 15.5. The minimum Gasteiger partial charge on any atom is -0.457 e. The lowest BCUT2D eigenvalue weighted by Gasteiger charge is -2.07. The summed E-state index contributed by atoms with van der Waals surface area (Å²) in [7, 11) is -3.96. The van der Waals surface area contributed by atoms with Crippen LogP contribution in [0.3, 0.4) is 0 Å². The van der Waals surface area contributed by atoms with Crippen molar-refractivity contribution in [1.82, 2.24) is 0 Å². The summed E-state index contributed by atoms with van der Waals surface area (Å²) in [5.74, 6) is 1.66. The minimum absolute atomic E-state index is 0.0266. The number of nitrogens with zero attached hydrogens (tertiary/aromatic N) is 1. The normalized spacial score (nSPS) is 11.4. The third kappa shape index (κ3) is 5.75. The van der Waals surface area contributed by atoms with Gasteiger partial charge in [-0.2, -0.15) is 8.42 Å². The third-order valence-corrected chi connectivity index (χ3v) is 5.86. The Morgan fingerprint density at radius 1 is 0.719 bits per heavy atom. The summed E-state index contributed by atoms with van der Waals surface area (Å²) in [4.78, 5) is 4.46. The van der Waals surface area contributed by atoms with E-state index in [0.29, 0.717) is 16.3 Å². The molecule has 0 bridgehead atoms. The van der Waals surface area contributed by atoms with Crippen LogP contribution in [-0.4, -0.2) is 14.6 Å². The van der Waals surface area contributed by atoms with E-state index in [-0.39, 0.29) is 10.6 Å². The molecule has 0 spiro atoms. The monoisotopic (exact) mass is 463 g/mol. The fourth-order valence-electron chi connectivity index (χ4n) is 2.80. The summed E-state index contributed by atoms with van der Waals surface area (Å²) in [6, 6.07) is 29.3. The van der Waals surface area contributed by atoms with Crippen LogP contribution in [0.1, 0.15) is 5.56 Å². The second-order valence-corrected chi connectivity index (χ2v) is 8.71. The number of halogens is 1. The minimum atomic E-state index is -3.96. The van der Waals surface area contributed by atoms with Crippen LogP contribution in [0.2, 0.25) is 5.02 Å². The average molecular weight is 464 g/mol. The van der Waals surface area contributed by atoms with Crippen molar-refractivity contribution in [2.24, 2.45) is 4.99 Å². The molecular weight excluding hydrogens is 446 g/mol. The molecule has 0 amide bonds. The summed E-state index contributed by atoms with van der Waals surface area (Å²) in [6.07, 6.45) is 1.63. The largest absolute Gasteiger partial charge is 0.457 e. The van der Waals surface area contributed by atoms with Crippen LogP contribution in [0.15, 0.2) is 113 Å². The second kappa shape index (κ2) is 9.68. The molecule has 0 aliphatic rings. The molecule has 0 aliphatic carbocycles. The highest BCUT2D eigenvalue weighted by Gasteiger charge is 2.16. The Bertz CT molecular complexity index is 1320. The molecule has 0 aromatic heterocycles. The molecule has 0 atom stereocenters. The van der Waals surface area contributed by atoms with E-state index in [4.69, 9.17) is 20.5 Å². The second-order valence-electron chi connectivity index (χ2n) is 6.73. The van der Waals surface area contributed by atoms with Gasteiger partial charge < -0.3 is 8.92 Å². The van der Waals surface area contributed by atoms with Crippen molar-refractivity contribution >= 4 is 33.6 Å². The Hall–Kier alpha value is -3.61. The number of ether oxygens (including phenoxy) is 1. The van der Waals surface area contributed by atoms with Crippen molar-refractivity contribution in [2.75, 3.05) is 0 Å². The van der Waals surface area contributed by atoms with Gasteiger partial charge in [-0.05, 0) is 78.4 Å². The maximum absolute atomic E-state index is 12.5. The Balaban J connectivity index is 1.44. The van der Waals surface area contributed by atoms with Crippen LogP contribution in [-0.2, 0) is 10.1 Å². The lowest BCUT2D eigenvalue weighted by Crippen LogP contribution is -2.09. The number of rotatable bonds is 7.